The smallest absolute Gasteiger partial charge is 0.254 e. The molecule has 122 valence electrons. The van der Waals surface area contributed by atoms with Gasteiger partial charge in [-0.3, -0.25) is 4.79 Å². The average molecular weight is 329 g/mol. The molecule has 0 atom stereocenters. The van der Waals surface area contributed by atoms with Gasteiger partial charge >= 0.3 is 0 Å². The van der Waals surface area contributed by atoms with E-state index in [0.29, 0.717) is 11.5 Å². The third kappa shape index (κ3) is 3.10. The Labute approximate surface area is 136 Å². The van der Waals surface area contributed by atoms with Crippen LogP contribution in [0.1, 0.15) is 16.1 Å². The SMILES string of the molecule is NC(=O)c1c(F)ccc(NCc2cc(-c3ccccc3)no2)c1F. The number of nitrogens with two attached hydrogens (primary N) is 1. The van der Waals surface area contributed by atoms with Crippen molar-refractivity contribution in [1.82, 2.24) is 5.16 Å². The lowest BCUT2D eigenvalue weighted by Gasteiger charge is -2.08. The van der Waals surface area contributed by atoms with Crippen molar-refractivity contribution in [3.8, 4) is 11.3 Å². The number of anilines is 1. The van der Waals surface area contributed by atoms with Crippen molar-refractivity contribution < 1.29 is 18.1 Å². The average Bonchev–Trinajstić information content (AvgIpc) is 3.04. The Morgan fingerprint density at radius 2 is 1.92 bits per heavy atom. The Bertz CT molecular complexity index is 879. The van der Waals surface area contributed by atoms with E-state index in [9.17, 15) is 13.6 Å². The van der Waals surface area contributed by atoms with E-state index in [4.69, 9.17) is 10.3 Å². The van der Waals surface area contributed by atoms with E-state index >= 15 is 0 Å². The fraction of sp³-hybridized carbons (Fsp3) is 0.0588. The highest BCUT2D eigenvalue weighted by atomic mass is 19.1. The molecule has 3 N–H and O–H groups in total. The first-order valence-corrected chi connectivity index (χ1v) is 7.09. The molecule has 0 saturated heterocycles. The molecule has 0 fully saturated rings. The summed E-state index contributed by atoms with van der Waals surface area (Å²) in [4.78, 5) is 11.1. The van der Waals surface area contributed by atoms with Gasteiger partial charge in [-0.25, -0.2) is 8.78 Å². The van der Waals surface area contributed by atoms with Crippen LogP contribution < -0.4 is 11.1 Å². The van der Waals surface area contributed by atoms with Crippen LogP contribution in [0, 0.1) is 11.6 Å². The summed E-state index contributed by atoms with van der Waals surface area (Å²) in [7, 11) is 0. The molecule has 2 aromatic carbocycles. The molecule has 24 heavy (non-hydrogen) atoms. The third-order valence-corrected chi connectivity index (χ3v) is 3.42. The van der Waals surface area contributed by atoms with Crippen LogP contribution >= 0.6 is 0 Å². The fourth-order valence-corrected chi connectivity index (χ4v) is 2.24. The summed E-state index contributed by atoms with van der Waals surface area (Å²) in [5.74, 6) is -2.75. The molecule has 0 radical (unpaired) electrons. The summed E-state index contributed by atoms with van der Waals surface area (Å²) in [5, 5.41) is 6.67. The number of hydrogen-bond donors (Lipinski definition) is 2. The second kappa shape index (κ2) is 6.49. The van der Waals surface area contributed by atoms with Gasteiger partial charge in [0.15, 0.2) is 11.6 Å². The van der Waals surface area contributed by atoms with Gasteiger partial charge in [0.1, 0.15) is 17.1 Å². The van der Waals surface area contributed by atoms with E-state index < -0.39 is 23.1 Å². The maximum absolute atomic E-state index is 14.1. The molecule has 0 bridgehead atoms. The van der Waals surface area contributed by atoms with Crippen molar-refractivity contribution in [2.24, 2.45) is 5.73 Å². The largest absolute Gasteiger partial charge is 0.375 e. The summed E-state index contributed by atoms with van der Waals surface area (Å²) in [6.45, 7) is 0.112. The summed E-state index contributed by atoms with van der Waals surface area (Å²) < 4.78 is 32.7. The quantitative estimate of drug-likeness (QED) is 0.752. The van der Waals surface area contributed by atoms with Crippen LogP contribution in [-0.2, 0) is 6.54 Å². The minimum absolute atomic E-state index is 0.0529. The number of hydrogen-bond acceptors (Lipinski definition) is 4. The van der Waals surface area contributed by atoms with Crippen molar-refractivity contribution in [2.45, 2.75) is 6.54 Å². The van der Waals surface area contributed by atoms with E-state index in [1.807, 2.05) is 30.3 Å². The first-order valence-electron chi connectivity index (χ1n) is 7.09. The number of carbonyl (C=O) groups is 1. The monoisotopic (exact) mass is 329 g/mol. The minimum Gasteiger partial charge on any atom is -0.375 e. The van der Waals surface area contributed by atoms with Gasteiger partial charge in [-0.2, -0.15) is 0 Å². The van der Waals surface area contributed by atoms with Gasteiger partial charge in [0.2, 0.25) is 0 Å². The molecule has 5 nitrogen and oxygen atoms in total. The van der Waals surface area contributed by atoms with Crippen molar-refractivity contribution >= 4 is 11.6 Å². The number of nitrogens with zero attached hydrogens (tertiary/aromatic N) is 1. The number of benzene rings is 2. The Morgan fingerprint density at radius 3 is 2.62 bits per heavy atom. The topological polar surface area (TPSA) is 81.2 Å². The van der Waals surface area contributed by atoms with E-state index in [-0.39, 0.29) is 12.2 Å². The Hall–Kier alpha value is -3.22. The van der Waals surface area contributed by atoms with Gasteiger partial charge < -0.3 is 15.6 Å². The van der Waals surface area contributed by atoms with Gasteiger partial charge in [0.25, 0.3) is 5.91 Å². The summed E-state index contributed by atoms with van der Waals surface area (Å²) in [6.07, 6.45) is 0. The molecule has 0 spiro atoms. The Balaban J connectivity index is 1.76. The molecule has 3 rings (SSSR count). The van der Waals surface area contributed by atoms with Crippen LogP contribution in [0.5, 0.6) is 0 Å². The standard InChI is InChI=1S/C17H13F2N3O2/c18-12-6-7-13(16(19)15(12)17(20)23)21-9-11-8-14(22-24-11)10-4-2-1-3-5-10/h1-8,21H,9H2,(H2,20,23). The number of amides is 1. The van der Waals surface area contributed by atoms with Crippen molar-refractivity contribution in [1.29, 1.82) is 0 Å². The van der Waals surface area contributed by atoms with Crippen LogP contribution in [0.15, 0.2) is 53.1 Å². The minimum atomic E-state index is -1.17. The molecule has 1 aromatic heterocycles. The molecule has 0 aliphatic carbocycles. The Morgan fingerprint density at radius 1 is 1.17 bits per heavy atom. The number of halogens is 2. The van der Waals surface area contributed by atoms with Crippen LogP contribution in [0.4, 0.5) is 14.5 Å². The van der Waals surface area contributed by atoms with Crippen molar-refractivity contribution in [2.75, 3.05) is 5.32 Å². The lowest BCUT2D eigenvalue weighted by atomic mass is 10.1. The summed E-state index contributed by atoms with van der Waals surface area (Å²) in [5.41, 5.74) is 5.68. The maximum Gasteiger partial charge on any atom is 0.254 e. The van der Waals surface area contributed by atoms with Gasteiger partial charge in [0.05, 0.1) is 12.2 Å². The van der Waals surface area contributed by atoms with E-state index in [1.165, 1.54) is 6.07 Å². The molecule has 3 aromatic rings. The molecule has 0 saturated carbocycles. The molecule has 0 unspecified atom stereocenters. The van der Waals surface area contributed by atoms with Crippen LogP contribution in [0.25, 0.3) is 11.3 Å². The van der Waals surface area contributed by atoms with Gasteiger partial charge in [-0.05, 0) is 12.1 Å². The van der Waals surface area contributed by atoms with Crippen LogP contribution in [0.2, 0.25) is 0 Å². The predicted octanol–water partition coefficient (Wildman–Crippen LogP) is 3.33. The zero-order valence-electron chi connectivity index (χ0n) is 12.4. The van der Waals surface area contributed by atoms with E-state index in [1.54, 1.807) is 6.07 Å². The molecule has 0 aliphatic rings. The first-order chi connectivity index (χ1) is 11.6. The van der Waals surface area contributed by atoms with Gasteiger partial charge in [-0.1, -0.05) is 35.5 Å². The highest BCUT2D eigenvalue weighted by Gasteiger charge is 2.18. The van der Waals surface area contributed by atoms with Crippen LogP contribution in [-0.4, -0.2) is 11.1 Å². The van der Waals surface area contributed by atoms with Crippen LogP contribution in [0.3, 0.4) is 0 Å². The highest BCUT2D eigenvalue weighted by Crippen LogP contribution is 2.23. The molecule has 1 heterocycles. The second-order valence-corrected chi connectivity index (χ2v) is 5.05. The fourth-order valence-electron chi connectivity index (χ4n) is 2.24. The summed E-state index contributed by atoms with van der Waals surface area (Å²) in [6, 6.07) is 13.3. The van der Waals surface area contributed by atoms with E-state index in [0.717, 1.165) is 11.6 Å². The van der Waals surface area contributed by atoms with E-state index in [2.05, 4.69) is 10.5 Å². The van der Waals surface area contributed by atoms with Gasteiger partial charge in [0, 0.05) is 11.6 Å². The highest BCUT2D eigenvalue weighted by molar-refractivity contribution is 5.94. The lowest BCUT2D eigenvalue weighted by molar-refractivity contribution is 0.0992. The third-order valence-electron chi connectivity index (χ3n) is 3.42. The first kappa shape index (κ1) is 15.7. The number of carbonyl (C=O) groups excluding carboxylic acids is 1. The predicted molar refractivity (Wildman–Crippen MR) is 84.1 cm³/mol. The number of aromatic nitrogens is 1. The molecular formula is C17H13F2N3O2. The lowest BCUT2D eigenvalue weighted by Crippen LogP contribution is -2.17. The normalized spacial score (nSPS) is 10.6. The number of primary amides is 1. The molecule has 1 amide bonds. The Kier molecular flexibility index (Phi) is 4.24. The molecular weight excluding hydrogens is 316 g/mol. The van der Waals surface area contributed by atoms with Crippen molar-refractivity contribution in [3.63, 3.8) is 0 Å². The maximum atomic E-state index is 14.1. The number of rotatable bonds is 5. The molecule has 0 aliphatic heterocycles. The zero-order valence-corrected chi connectivity index (χ0v) is 12.4. The summed E-state index contributed by atoms with van der Waals surface area (Å²) >= 11 is 0. The number of nitrogens with one attached hydrogen (secondary N) is 1. The van der Waals surface area contributed by atoms with Crippen molar-refractivity contribution in [3.05, 3.63) is 71.5 Å². The molecule has 7 heteroatoms. The second-order valence-electron chi connectivity index (χ2n) is 5.05. The van der Waals surface area contributed by atoms with Gasteiger partial charge in [-0.15, -0.1) is 0 Å². The zero-order chi connectivity index (χ0) is 17.1.